The van der Waals surface area contributed by atoms with Gasteiger partial charge in [-0.1, -0.05) is 6.42 Å². The Bertz CT molecular complexity index is 1240. The van der Waals surface area contributed by atoms with E-state index in [2.05, 4.69) is 4.98 Å². The number of aryl methyl sites for hydroxylation is 2. The largest absolute Gasteiger partial charge is 0.454 e. The van der Waals surface area contributed by atoms with E-state index in [1.54, 1.807) is 22.8 Å². The number of benzene rings is 1. The second kappa shape index (κ2) is 8.49. The lowest BCUT2D eigenvalue weighted by Crippen LogP contribution is -2.24. The molecule has 0 atom stereocenters. The van der Waals surface area contributed by atoms with Crippen LogP contribution in [0.15, 0.2) is 29.1 Å². The average molecular weight is 421 g/mol. The highest BCUT2D eigenvalue weighted by molar-refractivity contribution is 6.01. The summed E-state index contributed by atoms with van der Waals surface area (Å²) in [5.41, 5.74) is 3.15. The van der Waals surface area contributed by atoms with E-state index in [0.29, 0.717) is 23.0 Å². The lowest BCUT2D eigenvalue weighted by molar-refractivity contribution is 0.0474. The molecule has 1 aliphatic rings. The molecule has 0 N–H and O–H groups in total. The van der Waals surface area contributed by atoms with E-state index in [4.69, 9.17) is 4.74 Å². The Kier molecular flexibility index (Phi) is 5.76. The van der Waals surface area contributed by atoms with Crippen molar-refractivity contribution in [2.24, 2.45) is 0 Å². The van der Waals surface area contributed by atoms with E-state index >= 15 is 0 Å². The van der Waals surface area contributed by atoms with Gasteiger partial charge in [0, 0.05) is 36.5 Å². The maximum atomic E-state index is 12.8. The molecule has 0 aliphatic carbocycles. The highest BCUT2D eigenvalue weighted by Gasteiger charge is 2.19. The number of hydrogen-bond donors (Lipinski definition) is 0. The van der Waals surface area contributed by atoms with Gasteiger partial charge < -0.3 is 9.30 Å². The molecule has 4 rings (SSSR count). The van der Waals surface area contributed by atoms with Gasteiger partial charge in [-0.3, -0.25) is 14.2 Å². The standard InChI is InChI=1S/C24H27N3O4/c1-4-26-15(2)12-19(16(26)3)21(28)14-31-24(30)17-9-10-18-20(13-17)25-22-8-6-5-7-11-27(22)23(18)29/h9-10,12-13H,4-8,11,14H2,1-3H3. The lowest BCUT2D eigenvalue weighted by Gasteiger charge is -2.11. The van der Waals surface area contributed by atoms with Crippen molar-refractivity contribution in [2.45, 2.75) is 59.5 Å². The second-order valence-corrected chi connectivity index (χ2v) is 8.06. The van der Waals surface area contributed by atoms with Gasteiger partial charge in [0.2, 0.25) is 5.78 Å². The summed E-state index contributed by atoms with van der Waals surface area (Å²) in [5.74, 6) is -0.0676. The number of Topliss-reactive ketones (excluding diaryl/α,β-unsaturated/α-hetero) is 1. The van der Waals surface area contributed by atoms with Crippen molar-refractivity contribution in [1.29, 1.82) is 0 Å². The van der Waals surface area contributed by atoms with E-state index in [9.17, 15) is 14.4 Å². The Morgan fingerprint density at radius 3 is 2.68 bits per heavy atom. The Balaban J connectivity index is 1.54. The van der Waals surface area contributed by atoms with Crippen LogP contribution in [0.4, 0.5) is 0 Å². The topological polar surface area (TPSA) is 83.2 Å². The van der Waals surface area contributed by atoms with E-state index in [-0.39, 0.29) is 23.5 Å². The quantitative estimate of drug-likeness (QED) is 0.464. The molecule has 0 spiro atoms. The van der Waals surface area contributed by atoms with Crippen LogP contribution >= 0.6 is 0 Å². The van der Waals surface area contributed by atoms with Crippen LogP contribution in [0.25, 0.3) is 10.9 Å². The van der Waals surface area contributed by atoms with Crippen LogP contribution in [0.1, 0.15) is 64.1 Å². The van der Waals surface area contributed by atoms with Crippen molar-refractivity contribution in [3.05, 3.63) is 63.0 Å². The third kappa shape index (κ3) is 3.92. The van der Waals surface area contributed by atoms with E-state index in [1.807, 2.05) is 31.4 Å². The molecule has 31 heavy (non-hydrogen) atoms. The molecule has 0 radical (unpaired) electrons. The zero-order chi connectivity index (χ0) is 22.1. The molecule has 2 aromatic heterocycles. The smallest absolute Gasteiger partial charge is 0.338 e. The molecule has 1 aliphatic heterocycles. The van der Waals surface area contributed by atoms with Crippen molar-refractivity contribution >= 4 is 22.7 Å². The predicted octanol–water partition coefficient (Wildman–Crippen LogP) is 3.60. The lowest BCUT2D eigenvalue weighted by atomic mass is 10.1. The van der Waals surface area contributed by atoms with Gasteiger partial charge >= 0.3 is 5.97 Å². The predicted molar refractivity (Wildman–Crippen MR) is 118 cm³/mol. The molecule has 1 aromatic carbocycles. The van der Waals surface area contributed by atoms with Crippen molar-refractivity contribution in [3.8, 4) is 0 Å². The van der Waals surface area contributed by atoms with Crippen LogP contribution in [0, 0.1) is 13.8 Å². The number of ether oxygens (including phenoxy) is 1. The molecule has 0 fully saturated rings. The fourth-order valence-corrected chi connectivity index (χ4v) is 4.41. The van der Waals surface area contributed by atoms with Gasteiger partial charge in [-0.05, 0) is 57.9 Å². The minimum absolute atomic E-state index is 0.0664. The molecule has 7 nitrogen and oxygen atoms in total. The highest BCUT2D eigenvalue weighted by atomic mass is 16.5. The maximum Gasteiger partial charge on any atom is 0.338 e. The Labute approximate surface area is 180 Å². The zero-order valence-electron chi connectivity index (χ0n) is 18.2. The van der Waals surface area contributed by atoms with Crippen molar-refractivity contribution in [2.75, 3.05) is 6.61 Å². The van der Waals surface area contributed by atoms with Crippen LogP contribution in [0.3, 0.4) is 0 Å². The first-order valence-corrected chi connectivity index (χ1v) is 10.8. The maximum absolute atomic E-state index is 12.8. The van der Waals surface area contributed by atoms with Crippen molar-refractivity contribution < 1.29 is 14.3 Å². The van der Waals surface area contributed by atoms with Crippen LogP contribution in [-0.4, -0.2) is 32.5 Å². The number of aromatic nitrogens is 3. The second-order valence-electron chi connectivity index (χ2n) is 8.06. The number of esters is 1. The molecular formula is C24H27N3O4. The van der Waals surface area contributed by atoms with Crippen molar-refractivity contribution in [1.82, 2.24) is 14.1 Å². The van der Waals surface area contributed by atoms with Crippen molar-refractivity contribution in [3.63, 3.8) is 0 Å². The normalized spacial score (nSPS) is 13.6. The minimum atomic E-state index is -0.601. The van der Waals surface area contributed by atoms with Gasteiger partial charge in [-0.25, -0.2) is 9.78 Å². The minimum Gasteiger partial charge on any atom is -0.454 e. The fraction of sp³-hybridized carbons (Fsp3) is 0.417. The SMILES string of the molecule is CCn1c(C)cc(C(=O)COC(=O)c2ccc3c(=O)n4c(nc3c2)CCCCC4)c1C. The molecule has 0 unspecified atom stereocenters. The summed E-state index contributed by atoms with van der Waals surface area (Å²) in [5, 5.41) is 0.491. The van der Waals surface area contributed by atoms with E-state index in [0.717, 1.165) is 49.4 Å². The van der Waals surface area contributed by atoms with Gasteiger partial charge in [-0.2, -0.15) is 0 Å². The molecule has 0 saturated heterocycles. The number of ketones is 1. The first kappa shape index (κ1) is 21.0. The Morgan fingerprint density at radius 1 is 1.13 bits per heavy atom. The zero-order valence-corrected chi connectivity index (χ0v) is 18.2. The number of nitrogens with zero attached hydrogens (tertiary/aromatic N) is 3. The molecule has 0 saturated carbocycles. The van der Waals surface area contributed by atoms with Crippen LogP contribution in [0.2, 0.25) is 0 Å². The van der Waals surface area contributed by atoms with Gasteiger partial charge in [0.25, 0.3) is 5.56 Å². The number of carbonyl (C=O) groups is 2. The summed E-state index contributed by atoms with van der Waals surface area (Å²) in [6.45, 7) is 6.99. The van der Waals surface area contributed by atoms with E-state index in [1.165, 1.54) is 0 Å². The summed E-state index contributed by atoms with van der Waals surface area (Å²) < 4.78 is 9.08. The first-order chi connectivity index (χ1) is 14.9. The fourth-order valence-electron chi connectivity index (χ4n) is 4.41. The first-order valence-electron chi connectivity index (χ1n) is 10.8. The summed E-state index contributed by atoms with van der Waals surface area (Å²) >= 11 is 0. The molecule has 162 valence electrons. The Hall–Kier alpha value is -3.22. The van der Waals surface area contributed by atoms with Gasteiger partial charge in [0.05, 0.1) is 16.5 Å². The van der Waals surface area contributed by atoms with E-state index < -0.39 is 5.97 Å². The third-order valence-corrected chi connectivity index (χ3v) is 6.08. The molecular weight excluding hydrogens is 394 g/mol. The Morgan fingerprint density at radius 2 is 1.94 bits per heavy atom. The average Bonchev–Trinajstić information content (AvgIpc) is 2.92. The van der Waals surface area contributed by atoms with Gasteiger partial charge in [-0.15, -0.1) is 0 Å². The number of fused-ring (bicyclic) bond motifs is 2. The molecule has 3 heterocycles. The summed E-state index contributed by atoms with van der Waals surface area (Å²) in [4.78, 5) is 42.6. The summed E-state index contributed by atoms with van der Waals surface area (Å²) in [6, 6.07) is 6.59. The van der Waals surface area contributed by atoms with Crippen LogP contribution in [0.5, 0.6) is 0 Å². The number of rotatable bonds is 5. The molecule has 0 bridgehead atoms. The third-order valence-electron chi connectivity index (χ3n) is 6.08. The van der Waals surface area contributed by atoms with Gasteiger partial charge in [0.15, 0.2) is 6.61 Å². The van der Waals surface area contributed by atoms with Crippen LogP contribution in [-0.2, 0) is 24.2 Å². The summed E-state index contributed by atoms with van der Waals surface area (Å²) in [6.07, 6.45) is 3.80. The highest BCUT2D eigenvalue weighted by Crippen LogP contribution is 2.18. The van der Waals surface area contributed by atoms with Crippen LogP contribution < -0.4 is 5.56 Å². The molecule has 7 heteroatoms. The number of hydrogen-bond acceptors (Lipinski definition) is 5. The molecule has 3 aromatic rings. The monoisotopic (exact) mass is 421 g/mol. The van der Waals surface area contributed by atoms with Gasteiger partial charge in [0.1, 0.15) is 5.82 Å². The summed E-state index contributed by atoms with van der Waals surface area (Å²) in [7, 11) is 0. The number of carbonyl (C=O) groups excluding carboxylic acids is 2. The molecule has 0 amide bonds.